The second kappa shape index (κ2) is 9.56. The third-order valence-corrected chi connectivity index (χ3v) is 4.38. The van der Waals surface area contributed by atoms with E-state index in [1.165, 1.54) is 18.9 Å². The second-order valence-corrected chi connectivity index (χ2v) is 6.32. The van der Waals surface area contributed by atoms with E-state index in [1.807, 2.05) is 30.3 Å². The van der Waals surface area contributed by atoms with Crippen LogP contribution < -0.4 is 20.3 Å². The average molecular weight is 367 g/mol. The largest absolute Gasteiger partial charge is 0.497 e. The minimum absolute atomic E-state index is 0.135. The molecule has 1 amide bonds. The lowest BCUT2D eigenvalue weighted by Crippen LogP contribution is -2.27. The fourth-order valence-electron chi connectivity index (χ4n) is 2.91. The Kier molecular flexibility index (Phi) is 6.62. The molecule has 1 fully saturated rings. The number of nitrogens with zero attached hydrogens (tertiary/aromatic N) is 3. The van der Waals surface area contributed by atoms with Gasteiger partial charge in [-0.2, -0.15) is 5.10 Å². The van der Waals surface area contributed by atoms with Crippen LogP contribution in [0.1, 0.15) is 18.4 Å². The van der Waals surface area contributed by atoms with Gasteiger partial charge in [0.05, 0.1) is 19.0 Å². The number of hydrogen-bond acceptors (Lipinski definition) is 6. The molecule has 27 heavy (non-hydrogen) atoms. The summed E-state index contributed by atoms with van der Waals surface area (Å²) < 4.78 is 5.11. The number of carbonyl (C=O) groups is 1. The maximum atomic E-state index is 11.9. The Hall–Kier alpha value is -3.09. The van der Waals surface area contributed by atoms with Crippen molar-refractivity contribution in [3.8, 4) is 5.75 Å². The van der Waals surface area contributed by atoms with Gasteiger partial charge in [0.25, 0.3) is 0 Å². The number of hydrogen-bond donors (Lipinski definition) is 2. The monoisotopic (exact) mass is 367 g/mol. The van der Waals surface area contributed by atoms with Gasteiger partial charge in [0.2, 0.25) is 5.91 Å². The summed E-state index contributed by atoms with van der Waals surface area (Å²) in [5, 5.41) is 14.2. The smallest absolute Gasteiger partial charge is 0.244 e. The maximum Gasteiger partial charge on any atom is 0.244 e. The van der Waals surface area contributed by atoms with Crippen LogP contribution in [-0.2, 0) is 4.79 Å². The molecule has 3 rings (SSSR count). The van der Waals surface area contributed by atoms with Crippen LogP contribution in [0.4, 0.5) is 11.5 Å². The summed E-state index contributed by atoms with van der Waals surface area (Å²) in [6, 6.07) is 9.52. The third-order valence-electron chi connectivity index (χ3n) is 4.38. The Morgan fingerprint density at radius 3 is 2.74 bits per heavy atom. The number of methoxy groups -OCH3 is 1. The summed E-state index contributed by atoms with van der Waals surface area (Å²) in [4.78, 5) is 14.2. The Bertz CT molecular complexity index is 770. The molecular formula is C20H25N5O2. The van der Waals surface area contributed by atoms with Gasteiger partial charge in [-0.15, -0.1) is 5.10 Å². The molecule has 1 aromatic carbocycles. The first kappa shape index (κ1) is 18.7. The quantitative estimate of drug-likeness (QED) is 0.551. The fraction of sp³-hybridized carbons (Fsp3) is 0.350. The fourth-order valence-corrected chi connectivity index (χ4v) is 2.91. The van der Waals surface area contributed by atoms with Crippen molar-refractivity contribution in [1.82, 2.24) is 15.5 Å². The summed E-state index contributed by atoms with van der Waals surface area (Å²) in [7, 11) is 1.63. The first-order chi connectivity index (χ1) is 13.2. The number of amides is 1. The van der Waals surface area contributed by atoms with Crippen molar-refractivity contribution in [1.29, 1.82) is 0 Å². The number of aromatic nitrogens is 2. The molecule has 1 aliphatic rings. The number of rotatable bonds is 8. The summed E-state index contributed by atoms with van der Waals surface area (Å²) in [6.45, 7) is 3.23. The van der Waals surface area contributed by atoms with Gasteiger partial charge in [-0.3, -0.25) is 4.79 Å². The van der Waals surface area contributed by atoms with Crippen molar-refractivity contribution in [2.75, 3.05) is 43.5 Å². The van der Waals surface area contributed by atoms with Crippen LogP contribution >= 0.6 is 0 Å². The average Bonchev–Trinajstić information content (AvgIpc) is 3.25. The van der Waals surface area contributed by atoms with Crippen LogP contribution in [0.3, 0.4) is 0 Å². The Morgan fingerprint density at radius 1 is 1.22 bits per heavy atom. The van der Waals surface area contributed by atoms with E-state index in [9.17, 15) is 4.79 Å². The van der Waals surface area contributed by atoms with E-state index in [2.05, 4.69) is 25.7 Å². The lowest BCUT2D eigenvalue weighted by Gasteiger charge is -2.17. The van der Waals surface area contributed by atoms with Crippen molar-refractivity contribution in [2.24, 2.45) is 0 Å². The molecule has 0 atom stereocenters. The molecule has 2 N–H and O–H groups in total. The van der Waals surface area contributed by atoms with Gasteiger partial charge in [-0.25, -0.2) is 0 Å². The predicted octanol–water partition coefficient (Wildman–Crippen LogP) is 2.33. The highest BCUT2D eigenvalue weighted by molar-refractivity contribution is 5.91. The van der Waals surface area contributed by atoms with Gasteiger partial charge in [0.15, 0.2) is 5.82 Å². The molecule has 142 valence electrons. The highest BCUT2D eigenvalue weighted by atomic mass is 16.5. The Labute approximate surface area is 159 Å². The molecule has 1 saturated heterocycles. The predicted molar refractivity (Wildman–Crippen MR) is 107 cm³/mol. The molecule has 0 saturated carbocycles. The third kappa shape index (κ3) is 5.70. The molecule has 0 unspecified atom stereocenters. The molecule has 0 spiro atoms. The topological polar surface area (TPSA) is 79.4 Å². The van der Waals surface area contributed by atoms with Gasteiger partial charge in [0, 0.05) is 38.3 Å². The first-order valence-corrected chi connectivity index (χ1v) is 9.16. The van der Waals surface area contributed by atoms with Crippen LogP contribution in [0.2, 0.25) is 0 Å². The lowest BCUT2D eigenvalue weighted by atomic mass is 10.2. The first-order valence-electron chi connectivity index (χ1n) is 9.16. The highest BCUT2D eigenvalue weighted by Crippen LogP contribution is 2.20. The van der Waals surface area contributed by atoms with E-state index >= 15 is 0 Å². The SMILES string of the molecule is COc1ccc(/C=C/C(=O)NCCNc2cc(N3CCCC3)cnn2)cc1. The molecular weight excluding hydrogens is 342 g/mol. The normalized spacial score (nSPS) is 13.7. The van der Waals surface area contributed by atoms with Crippen molar-refractivity contribution in [2.45, 2.75) is 12.8 Å². The van der Waals surface area contributed by atoms with Gasteiger partial charge in [0.1, 0.15) is 5.75 Å². The van der Waals surface area contributed by atoms with Crippen LogP contribution in [0.5, 0.6) is 5.75 Å². The molecule has 7 nitrogen and oxygen atoms in total. The highest BCUT2D eigenvalue weighted by Gasteiger charge is 2.13. The van der Waals surface area contributed by atoms with E-state index in [0.29, 0.717) is 13.1 Å². The standard InChI is InChI=1S/C20H25N5O2/c1-27-18-7-4-16(5-8-18)6-9-20(26)22-11-10-21-19-14-17(15-23-24-19)25-12-2-3-13-25/h4-9,14-15H,2-3,10-13H2,1H3,(H,21,24)(H,22,26)/b9-6+. The number of ether oxygens (including phenoxy) is 1. The lowest BCUT2D eigenvalue weighted by molar-refractivity contribution is -0.116. The molecule has 2 aromatic rings. The molecule has 2 heterocycles. The van der Waals surface area contributed by atoms with E-state index < -0.39 is 0 Å². The number of nitrogens with one attached hydrogen (secondary N) is 2. The van der Waals surface area contributed by atoms with Gasteiger partial charge < -0.3 is 20.3 Å². The van der Waals surface area contributed by atoms with Crippen LogP contribution in [-0.4, -0.2) is 49.4 Å². The molecule has 1 aliphatic heterocycles. The Morgan fingerprint density at radius 2 is 2.00 bits per heavy atom. The molecule has 0 bridgehead atoms. The van der Waals surface area contributed by atoms with Crippen LogP contribution in [0.15, 0.2) is 42.6 Å². The zero-order chi connectivity index (χ0) is 18.9. The Balaban J connectivity index is 1.39. The zero-order valence-corrected chi connectivity index (χ0v) is 15.5. The molecule has 0 aliphatic carbocycles. The van der Waals surface area contributed by atoms with Crippen LogP contribution in [0.25, 0.3) is 6.08 Å². The molecule has 0 radical (unpaired) electrons. The minimum atomic E-state index is -0.135. The second-order valence-electron chi connectivity index (χ2n) is 6.32. The van der Waals surface area contributed by atoms with Gasteiger partial charge in [-0.05, 0) is 36.6 Å². The van der Waals surface area contributed by atoms with Crippen molar-refractivity contribution < 1.29 is 9.53 Å². The minimum Gasteiger partial charge on any atom is -0.497 e. The number of benzene rings is 1. The summed E-state index contributed by atoms with van der Waals surface area (Å²) in [6.07, 6.45) is 7.54. The van der Waals surface area contributed by atoms with Gasteiger partial charge in [-0.1, -0.05) is 12.1 Å². The van der Waals surface area contributed by atoms with E-state index in [0.717, 1.165) is 35.9 Å². The van der Waals surface area contributed by atoms with E-state index in [-0.39, 0.29) is 5.91 Å². The summed E-state index contributed by atoms with van der Waals surface area (Å²) in [5.74, 6) is 1.38. The number of carbonyl (C=O) groups excluding carboxylic acids is 1. The molecule has 7 heteroatoms. The van der Waals surface area contributed by atoms with Crippen LogP contribution in [0, 0.1) is 0 Å². The summed E-state index contributed by atoms with van der Waals surface area (Å²) >= 11 is 0. The van der Waals surface area contributed by atoms with E-state index in [4.69, 9.17) is 4.74 Å². The van der Waals surface area contributed by atoms with Crippen molar-refractivity contribution in [3.63, 3.8) is 0 Å². The molecule has 1 aromatic heterocycles. The summed E-state index contributed by atoms with van der Waals surface area (Å²) in [5.41, 5.74) is 2.04. The number of anilines is 2. The van der Waals surface area contributed by atoms with Crippen molar-refractivity contribution >= 4 is 23.5 Å². The van der Waals surface area contributed by atoms with Gasteiger partial charge >= 0.3 is 0 Å². The zero-order valence-electron chi connectivity index (χ0n) is 15.5. The van der Waals surface area contributed by atoms with E-state index in [1.54, 1.807) is 19.4 Å². The maximum absolute atomic E-state index is 11.9. The van der Waals surface area contributed by atoms with Crippen molar-refractivity contribution in [3.05, 3.63) is 48.2 Å².